The summed E-state index contributed by atoms with van der Waals surface area (Å²) in [5.74, 6) is 0.641. The van der Waals surface area contributed by atoms with E-state index in [9.17, 15) is 2.74 Å². The summed E-state index contributed by atoms with van der Waals surface area (Å²) in [6.45, 7) is 14.4. The Balaban J connectivity index is 1.13. The van der Waals surface area contributed by atoms with Gasteiger partial charge in [-0.25, -0.2) is 0 Å². The SMILES string of the molecule is [2H]c1c([2H])c([2H])c(-c2cc(C(C)(C)C(C)(C)C)cc(-c3cccc(C(C)(C)C)c3)c2-n2[c](=[Pt])n(-c3[c-]c(Oc4cccc(N5B(c6ccccc6)N(c6ccccc6)c6ccc[c-]c65)n4)c(C([2H])([2H])[2H])cc3)c3ccccc32)c([2H])c1[2H]. The van der Waals surface area contributed by atoms with Crippen LogP contribution in [0.4, 0.5) is 22.9 Å². The van der Waals surface area contributed by atoms with Crippen LogP contribution >= 0.6 is 0 Å². The number of para-hydroxylation sites is 4. The number of hydrogen-bond acceptors (Lipinski definition) is 4. The third kappa shape index (κ3) is 8.75. The van der Waals surface area contributed by atoms with Gasteiger partial charge in [-0.15, -0.1) is 6.07 Å². The topological polar surface area (TPSA) is 38.5 Å². The van der Waals surface area contributed by atoms with E-state index in [4.69, 9.17) is 17.9 Å². The standard InChI is InChI=1S/C66H60BN5O.Pt/c1-46-39-40-53(44-60(46)73-62-38-24-37-61(68-62)72-59-36-22-21-35-58(59)71(52-31-17-12-18-32-52)67(72)51-29-15-11-16-30-51)69-45-70(57-34-20-19-33-56(57)69)63-54(47-25-13-10-14-26-47)42-50(66(8,9)65(5,6)7)43-55(63)48-27-23-28-49(41-48)64(2,3)4;/h10-35,37-43H,1-9H3;/q-2;/i1D3,10D,13D,14D,25D,26D;. The van der Waals surface area contributed by atoms with Gasteiger partial charge in [0.25, 0.3) is 0 Å². The van der Waals surface area contributed by atoms with Crippen LogP contribution in [0.1, 0.15) is 83.0 Å². The van der Waals surface area contributed by atoms with Gasteiger partial charge in [-0.05, 0) is 12.1 Å². The van der Waals surface area contributed by atoms with Gasteiger partial charge in [0.1, 0.15) is 0 Å². The van der Waals surface area contributed by atoms with E-state index < -0.39 is 30.4 Å². The van der Waals surface area contributed by atoms with E-state index in [1.807, 2.05) is 102 Å². The van der Waals surface area contributed by atoms with Crippen LogP contribution in [0.5, 0.6) is 11.6 Å². The molecule has 0 amide bonds. The second-order valence-electron chi connectivity index (χ2n) is 21.3. The Morgan fingerprint density at radius 1 is 0.635 bits per heavy atom. The Hall–Kier alpha value is -7.47. The van der Waals surface area contributed by atoms with Crippen molar-refractivity contribution in [3.05, 3.63) is 233 Å². The summed E-state index contributed by atoms with van der Waals surface area (Å²) in [7, 11) is 0. The fraction of sp³-hybridized carbons (Fsp3) is 0.182. The summed E-state index contributed by atoms with van der Waals surface area (Å²) in [5, 5.41) is 0. The van der Waals surface area contributed by atoms with Crippen molar-refractivity contribution in [1.82, 2.24) is 14.1 Å². The van der Waals surface area contributed by atoms with Gasteiger partial charge in [0.2, 0.25) is 0 Å². The molecule has 3 heterocycles. The Morgan fingerprint density at radius 2 is 1.31 bits per heavy atom. The molecule has 74 heavy (non-hydrogen) atoms. The van der Waals surface area contributed by atoms with Crippen LogP contribution in [-0.2, 0) is 30.2 Å². The van der Waals surface area contributed by atoms with Crippen LogP contribution in [0, 0.1) is 28.2 Å². The van der Waals surface area contributed by atoms with Crippen LogP contribution in [0.25, 0.3) is 44.7 Å². The number of anilines is 4. The number of benzene rings is 8. The molecule has 0 N–H and O–H groups in total. The zero-order valence-electron chi connectivity index (χ0n) is 50.7. The number of fused-ring (bicyclic) bond motifs is 2. The monoisotopic (exact) mass is 1150 g/mol. The minimum absolute atomic E-state index is 0.0466. The molecule has 2 aromatic heterocycles. The van der Waals surface area contributed by atoms with E-state index in [-0.39, 0.29) is 52.7 Å². The predicted molar refractivity (Wildman–Crippen MR) is 304 cm³/mol. The average molecular weight is 1150 g/mol. The summed E-state index contributed by atoms with van der Waals surface area (Å²) in [5.41, 5.74) is 9.32. The van der Waals surface area contributed by atoms with E-state index in [1.54, 1.807) is 18.2 Å². The van der Waals surface area contributed by atoms with Gasteiger partial charge in [0.15, 0.2) is 0 Å². The first-order valence-electron chi connectivity index (χ1n) is 28.8. The fourth-order valence-electron chi connectivity index (χ4n) is 9.75. The third-order valence-corrected chi connectivity index (χ3v) is 15.7. The first-order chi connectivity index (χ1) is 38.9. The number of hydrogen-bond donors (Lipinski definition) is 0. The first kappa shape index (κ1) is 40.0. The second-order valence-corrected chi connectivity index (χ2v) is 22.3. The van der Waals surface area contributed by atoms with Crippen molar-refractivity contribution in [3.63, 3.8) is 0 Å². The van der Waals surface area contributed by atoms with Crippen molar-refractivity contribution >= 4 is 46.4 Å². The predicted octanol–water partition coefficient (Wildman–Crippen LogP) is 16.2. The number of aromatic nitrogens is 3. The molecule has 1 aliphatic rings. The summed E-state index contributed by atoms with van der Waals surface area (Å²) >= 11 is 2.27. The Morgan fingerprint density at radius 3 is 2.01 bits per heavy atom. The molecule has 8 heteroatoms. The van der Waals surface area contributed by atoms with Gasteiger partial charge < -0.3 is 0 Å². The molecule has 11 rings (SSSR count). The molecule has 6 nitrogen and oxygen atoms in total. The van der Waals surface area contributed by atoms with Gasteiger partial charge in [-0.1, -0.05) is 48.5 Å². The average Bonchev–Trinajstić information content (AvgIpc) is 2.35. The van der Waals surface area contributed by atoms with E-state index >= 15 is 0 Å². The Labute approximate surface area is 459 Å². The molecule has 370 valence electrons. The number of nitrogens with zero attached hydrogens (tertiary/aromatic N) is 5. The number of imidazole rings is 1. The number of ether oxygens (including phenoxy) is 1. The third-order valence-electron chi connectivity index (χ3n) is 14.7. The first-order valence-corrected chi connectivity index (χ1v) is 26.0. The van der Waals surface area contributed by atoms with Crippen LogP contribution < -0.4 is 19.8 Å². The molecule has 0 saturated heterocycles. The Kier molecular flexibility index (Phi) is 10.3. The molecule has 0 atom stereocenters. The molecule has 10 aromatic rings. The molecule has 0 radical (unpaired) electrons. The van der Waals surface area contributed by atoms with Crippen molar-refractivity contribution in [3.8, 4) is 45.3 Å². The Bertz CT molecular complexity index is 4160. The molecule has 8 aromatic carbocycles. The summed E-state index contributed by atoms with van der Waals surface area (Å²) in [6, 6.07) is 60.3. The molecular formula is C66H60BN5OPt-2. The molecule has 0 spiro atoms. The van der Waals surface area contributed by atoms with E-state index in [1.165, 1.54) is 0 Å². The zero-order valence-corrected chi connectivity index (χ0v) is 45.0. The van der Waals surface area contributed by atoms with Crippen LogP contribution in [-0.4, -0.2) is 21.1 Å². The van der Waals surface area contributed by atoms with E-state index in [2.05, 4.69) is 156 Å². The second kappa shape index (κ2) is 19.1. The number of rotatable bonds is 10. The maximum atomic E-state index is 9.54. The van der Waals surface area contributed by atoms with Crippen molar-refractivity contribution in [2.24, 2.45) is 5.41 Å². The van der Waals surface area contributed by atoms with Gasteiger partial charge >= 0.3 is 377 Å². The van der Waals surface area contributed by atoms with Crippen molar-refractivity contribution in [2.45, 2.75) is 73.1 Å². The molecule has 0 bridgehead atoms. The van der Waals surface area contributed by atoms with E-state index in [0.29, 0.717) is 26.6 Å². The van der Waals surface area contributed by atoms with Crippen molar-refractivity contribution in [1.29, 1.82) is 0 Å². The summed E-state index contributed by atoms with van der Waals surface area (Å²) in [6.07, 6.45) is 0. The molecular weight excluding hydrogens is 1080 g/mol. The normalized spacial score (nSPS) is 14.6. The minimum atomic E-state index is -2.62. The van der Waals surface area contributed by atoms with E-state index in [0.717, 1.165) is 55.8 Å². The molecule has 0 fully saturated rings. The quantitative estimate of drug-likeness (QED) is 0.101. The van der Waals surface area contributed by atoms with Crippen molar-refractivity contribution in [2.75, 3.05) is 9.62 Å². The zero-order chi connectivity index (χ0) is 58.4. The number of pyridine rings is 1. The molecule has 0 saturated carbocycles. The molecule has 1 aliphatic heterocycles. The van der Waals surface area contributed by atoms with Gasteiger partial charge in [0.05, 0.1) is 0 Å². The fourth-order valence-corrected chi connectivity index (χ4v) is 10.8. The van der Waals surface area contributed by atoms with Crippen molar-refractivity contribution < 1.29 is 35.1 Å². The van der Waals surface area contributed by atoms with Crippen LogP contribution in [0.3, 0.4) is 0 Å². The number of aryl methyl sites for hydroxylation is 1. The summed E-state index contributed by atoms with van der Waals surface area (Å²) < 4.78 is 83.5. The van der Waals surface area contributed by atoms with Crippen LogP contribution in [0.2, 0.25) is 0 Å². The summed E-state index contributed by atoms with van der Waals surface area (Å²) in [4.78, 5) is 9.51. The molecule has 0 aliphatic carbocycles. The molecule has 0 unspecified atom stereocenters. The maximum absolute atomic E-state index is 9.54. The van der Waals surface area contributed by atoms with Gasteiger partial charge in [0, 0.05) is 5.69 Å². The van der Waals surface area contributed by atoms with Gasteiger partial charge in [-0.3, -0.25) is 0 Å². The van der Waals surface area contributed by atoms with Crippen LogP contribution in [0.15, 0.2) is 200 Å². The van der Waals surface area contributed by atoms with Gasteiger partial charge in [-0.2, -0.15) is 12.1 Å².